The number of hydrogen-bond donors (Lipinski definition) is 1. The van der Waals surface area contributed by atoms with Gasteiger partial charge in [-0.05, 0) is 12.8 Å². The Morgan fingerprint density at radius 3 is 2.54 bits per heavy atom. The first-order valence-electron chi connectivity index (χ1n) is 4.41. The molecule has 4 heteroatoms. The number of carbonyl (C=O) groups is 1. The van der Waals surface area contributed by atoms with Crippen LogP contribution in [0.2, 0.25) is 0 Å². The molecule has 0 aromatic carbocycles. The van der Waals surface area contributed by atoms with Crippen LogP contribution in [0.15, 0.2) is 0 Å². The average molecular weight is 184 g/mol. The van der Waals surface area contributed by atoms with Gasteiger partial charge in [0.1, 0.15) is 5.54 Å². The summed E-state index contributed by atoms with van der Waals surface area (Å²) in [5, 5.41) is 11.5. The average Bonchev–Trinajstić information content (AvgIpc) is 2.17. The summed E-state index contributed by atoms with van der Waals surface area (Å²) < 4.78 is 4.45. The van der Waals surface area contributed by atoms with E-state index < -0.39 is 11.6 Å². The fourth-order valence-electron chi connectivity index (χ4n) is 1.16. The van der Waals surface area contributed by atoms with Crippen molar-refractivity contribution in [3.63, 3.8) is 0 Å². The number of methoxy groups -OCH3 is 1. The van der Waals surface area contributed by atoms with Gasteiger partial charge in [-0.25, -0.2) is 4.79 Å². The van der Waals surface area contributed by atoms with E-state index in [-0.39, 0.29) is 0 Å². The van der Waals surface area contributed by atoms with Gasteiger partial charge in [-0.15, -0.1) is 0 Å². The summed E-state index contributed by atoms with van der Waals surface area (Å²) in [5.41, 5.74) is -0.762. The van der Waals surface area contributed by atoms with E-state index >= 15 is 0 Å². The number of alkyl carbamates (subject to hydrolysis) is 1. The van der Waals surface area contributed by atoms with Crippen LogP contribution >= 0.6 is 0 Å². The lowest BCUT2D eigenvalue weighted by Gasteiger charge is -2.24. The molecule has 1 atom stereocenters. The molecule has 1 N–H and O–H groups in total. The van der Waals surface area contributed by atoms with Crippen molar-refractivity contribution < 1.29 is 9.53 Å². The van der Waals surface area contributed by atoms with Gasteiger partial charge < -0.3 is 10.1 Å². The summed E-state index contributed by atoms with van der Waals surface area (Å²) in [6.07, 6.45) is 1.55. The van der Waals surface area contributed by atoms with Crippen LogP contribution in [0.5, 0.6) is 0 Å². The lowest BCUT2D eigenvalue weighted by atomic mass is 9.93. The lowest BCUT2D eigenvalue weighted by molar-refractivity contribution is 0.159. The van der Waals surface area contributed by atoms with Crippen LogP contribution in [-0.4, -0.2) is 18.7 Å². The largest absolute Gasteiger partial charge is 0.453 e. The standard InChI is InChI=1S/C9H16N2O2/c1-4-6-9(5-2,7-10)11-8(12)13-3/h4-6H2,1-3H3,(H,11,12)/t9-/m0/s1. The minimum atomic E-state index is -0.762. The summed E-state index contributed by atoms with van der Waals surface area (Å²) in [6.45, 7) is 3.84. The molecule has 0 radical (unpaired) electrons. The number of ether oxygens (including phenoxy) is 1. The maximum absolute atomic E-state index is 10.9. The van der Waals surface area contributed by atoms with Crippen LogP contribution in [0, 0.1) is 11.3 Å². The SMILES string of the molecule is CCC[C@](C#N)(CC)NC(=O)OC. The van der Waals surface area contributed by atoms with E-state index in [0.29, 0.717) is 12.8 Å². The van der Waals surface area contributed by atoms with Gasteiger partial charge >= 0.3 is 6.09 Å². The maximum Gasteiger partial charge on any atom is 0.408 e. The minimum absolute atomic E-state index is 0.545. The summed E-state index contributed by atoms with van der Waals surface area (Å²) in [6, 6.07) is 2.12. The number of nitrogens with one attached hydrogen (secondary N) is 1. The molecule has 4 nitrogen and oxygen atoms in total. The van der Waals surface area contributed by atoms with Gasteiger partial charge in [0.2, 0.25) is 0 Å². The van der Waals surface area contributed by atoms with Crippen molar-refractivity contribution in [2.24, 2.45) is 0 Å². The minimum Gasteiger partial charge on any atom is -0.453 e. The van der Waals surface area contributed by atoms with Gasteiger partial charge in [-0.2, -0.15) is 5.26 Å². The molecule has 0 aromatic heterocycles. The van der Waals surface area contributed by atoms with E-state index in [4.69, 9.17) is 5.26 Å². The van der Waals surface area contributed by atoms with Crippen molar-refractivity contribution in [1.82, 2.24) is 5.32 Å². The third kappa shape index (κ3) is 3.32. The summed E-state index contributed by atoms with van der Waals surface area (Å²) in [7, 11) is 1.29. The van der Waals surface area contributed by atoms with Gasteiger partial charge in [-0.3, -0.25) is 0 Å². The maximum atomic E-state index is 10.9. The Labute approximate surface area is 78.9 Å². The number of hydrogen-bond acceptors (Lipinski definition) is 3. The van der Waals surface area contributed by atoms with Crippen molar-refractivity contribution >= 4 is 6.09 Å². The van der Waals surface area contributed by atoms with Crippen molar-refractivity contribution in [2.75, 3.05) is 7.11 Å². The summed E-state index contributed by atoms with van der Waals surface area (Å²) >= 11 is 0. The zero-order valence-electron chi connectivity index (χ0n) is 8.39. The first kappa shape index (κ1) is 11.8. The molecule has 0 aromatic rings. The molecule has 0 heterocycles. The van der Waals surface area contributed by atoms with E-state index in [1.165, 1.54) is 7.11 Å². The first-order valence-corrected chi connectivity index (χ1v) is 4.41. The number of nitrogens with zero attached hydrogens (tertiary/aromatic N) is 1. The molecule has 0 unspecified atom stereocenters. The van der Waals surface area contributed by atoms with Crippen LogP contribution in [0.1, 0.15) is 33.1 Å². The molecule has 13 heavy (non-hydrogen) atoms. The monoisotopic (exact) mass is 184 g/mol. The molecule has 0 rings (SSSR count). The molecule has 0 saturated heterocycles. The lowest BCUT2D eigenvalue weighted by Crippen LogP contribution is -2.46. The Hall–Kier alpha value is -1.24. The molecule has 74 valence electrons. The van der Waals surface area contributed by atoms with E-state index in [2.05, 4.69) is 16.1 Å². The molecule has 0 spiro atoms. The third-order valence-corrected chi connectivity index (χ3v) is 2.02. The van der Waals surface area contributed by atoms with Crippen LogP contribution in [-0.2, 0) is 4.74 Å². The number of amides is 1. The van der Waals surface area contributed by atoms with Crippen LogP contribution in [0.4, 0.5) is 4.79 Å². The highest BCUT2D eigenvalue weighted by Gasteiger charge is 2.29. The number of rotatable bonds is 4. The van der Waals surface area contributed by atoms with Crippen molar-refractivity contribution in [3.8, 4) is 6.07 Å². The normalized spacial score (nSPS) is 14.0. The van der Waals surface area contributed by atoms with E-state index in [9.17, 15) is 4.79 Å². The molecule has 1 amide bonds. The summed E-state index contributed by atoms with van der Waals surface area (Å²) in [5.74, 6) is 0. The van der Waals surface area contributed by atoms with Crippen LogP contribution < -0.4 is 5.32 Å². The van der Waals surface area contributed by atoms with Crippen LogP contribution in [0.3, 0.4) is 0 Å². The van der Waals surface area contributed by atoms with Gasteiger partial charge in [0.15, 0.2) is 0 Å². The van der Waals surface area contributed by atoms with Gasteiger partial charge in [0, 0.05) is 0 Å². The topological polar surface area (TPSA) is 62.1 Å². The van der Waals surface area contributed by atoms with Crippen molar-refractivity contribution in [2.45, 2.75) is 38.6 Å². The highest BCUT2D eigenvalue weighted by molar-refractivity contribution is 5.68. The quantitative estimate of drug-likeness (QED) is 0.724. The van der Waals surface area contributed by atoms with E-state index in [1.807, 2.05) is 13.8 Å². The Morgan fingerprint density at radius 1 is 1.62 bits per heavy atom. The molecule has 0 fully saturated rings. The highest BCUT2D eigenvalue weighted by Crippen LogP contribution is 2.16. The van der Waals surface area contributed by atoms with E-state index in [1.54, 1.807) is 0 Å². The smallest absolute Gasteiger partial charge is 0.408 e. The Morgan fingerprint density at radius 2 is 2.23 bits per heavy atom. The Kier molecular flexibility index (Phi) is 4.90. The fraction of sp³-hybridized carbons (Fsp3) is 0.778. The summed E-state index contributed by atoms with van der Waals surface area (Å²) in [4.78, 5) is 10.9. The van der Waals surface area contributed by atoms with Crippen molar-refractivity contribution in [3.05, 3.63) is 0 Å². The Balaban J connectivity index is 4.40. The second-order valence-corrected chi connectivity index (χ2v) is 2.91. The number of carbonyl (C=O) groups excluding carboxylic acids is 1. The second kappa shape index (κ2) is 5.41. The molecule has 0 aliphatic heterocycles. The zero-order chi connectivity index (χ0) is 10.3. The highest BCUT2D eigenvalue weighted by atomic mass is 16.5. The van der Waals surface area contributed by atoms with E-state index in [0.717, 1.165) is 6.42 Å². The Bertz CT molecular complexity index is 210. The van der Waals surface area contributed by atoms with Gasteiger partial charge in [0.05, 0.1) is 13.2 Å². The van der Waals surface area contributed by atoms with Gasteiger partial charge in [-0.1, -0.05) is 20.3 Å². The first-order chi connectivity index (χ1) is 6.14. The predicted molar refractivity (Wildman–Crippen MR) is 49.1 cm³/mol. The molecule has 0 aliphatic carbocycles. The van der Waals surface area contributed by atoms with Gasteiger partial charge in [0.25, 0.3) is 0 Å². The number of nitriles is 1. The third-order valence-electron chi connectivity index (χ3n) is 2.02. The molecule has 0 aliphatic rings. The second-order valence-electron chi connectivity index (χ2n) is 2.91. The van der Waals surface area contributed by atoms with Crippen LogP contribution in [0.25, 0.3) is 0 Å². The zero-order valence-corrected chi connectivity index (χ0v) is 8.39. The van der Waals surface area contributed by atoms with Crippen molar-refractivity contribution in [1.29, 1.82) is 5.26 Å². The molecular weight excluding hydrogens is 168 g/mol. The molecular formula is C9H16N2O2. The molecule has 0 bridgehead atoms. The fourth-order valence-corrected chi connectivity index (χ4v) is 1.16. The molecule has 0 saturated carbocycles. The predicted octanol–water partition coefficient (Wildman–Crippen LogP) is 1.81.